The molecule has 1 aromatic heterocycles. The van der Waals surface area contributed by atoms with Gasteiger partial charge in [0, 0.05) is 11.1 Å². The molecule has 1 N–H and O–H groups in total. The maximum Gasteiger partial charge on any atom is 0.226 e. The molecule has 2 aliphatic heterocycles. The number of hydrogen-bond acceptors (Lipinski definition) is 7. The van der Waals surface area contributed by atoms with E-state index in [4.69, 9.17) is 18.9 Å². The molecule has 0 radical (unpaired) electrons. The lowest BCUT2D eigenvalue weighted by Gasteiger charge is -2.39. The van der Waals surface area contributed by atoms with Crippen LogP contribution in [0.4, 0.5) is 5.95 Å². The molecule has 0 bridgehead atoms. The summed E-state index contributed by atoms with van der Waals surface area (Å²) in [6, 6.07) is 21.8. The van der Waals surface area contributed by atoms with Crippen LogP contribution in [0.1, 0.15) is 42.7 Å². The fourth-order valence-corrected chi connectivity index (χ4v) is 5.05. The van der Waals surface area contributed by atoms with Crippen LogP contribution < -0.4 is 24.3 Å². The first-order valence-corrected chi connectivity index (χ1v) is 12.4. The standard InChI is InChI=1S/C29H28N4O4/c1-4-35-20-13-10-18(11-14-20)28-25-26(21-8-6-7-9-22(21)37-28)32-29-30-17-31-33(29)27(25)19-12-15-23(36-5-2)24(16-19)34-3/h6-17,27-28H,4-5H2,1-3H3,(H,30,31,32)/t27-,28+/m0/s1. The van der Waals surface area contributed by atoms with Gasteiger partial charge in [0.25, 0.3) is 0 Å². The second-order valence-corrected chi connectivity index (χ2v) is 8.73. The molecule has 6 rings (SSSR count). The quantitative estimate of drug-likeness (QED) is 0.354. The number of benzene rings is 3. The Hall–Kier alpha value is -4.46. The molecule has 0 saturated carbocycles. The summed E-state index contributed by atoms with van der Waals surface area (Å²) in [7, 11) is 1.65. The first-order valence-electron chi connectivity index (χ1n) is 12.4. The minimum absolute atomic E-state index is 0.289. The molecule has 0 spiro atoms. The van der Waals surface area contributed by atoms with Crippen molar-refractivity contribution in [2.24, 2.45) is 0 Å². The Morgan fingerprint density at radius 2 is 1.70 bits per heavy atom. The number of rotatable bonds is 7. The zero-order valence-corrected chi connectivity index (χ0v) is 21.0. The fourth-order valence-electron chi connectivity index (χ4n) is 5.05. The van der Waals surface area contributed by atoms with Crippen molar-refractivity contribution in [3.8, 4) is 23.0 Å². The largest absolute Gasteiger partial charge is 0.494 e. The topological polar surface area (TPSA) is 79.7 Å². The molecule has 0 aliphatic carbocycles. The molecular weight excluding hydrogens is 468 g/mol. The lowest BCUT2D eigenvalue weighted by atomic mass is 9.84. The van der Waals surface area contributed by atoms with Gasteiger partial charge in [-0.3, -0.25) is 0 Å². The summed E-state index contributed by atoms with van der Waals surface area (Å²) in [4.78, 5) is 4.51. The van der Waals surface area contributed by atoms with Crippen LogP contribution in [-0.2, 0) is 0 Å². The van der Waals surface area contributed by atoms with Gasteiger partial charge in [-0.25, -0.2) is 4.68 Å². The van der Waals surface area contributed by atoms with Gasteiger partial charge in [0.15, 0.2) is 11.5 Å². The highest BCUT2D eigenvalue weighted by atomic mass is 16.5. The summed E-state index contributed by atoms with van der Waals surface area (Å²) in [6.45, 7) is 5.10. The lowest BCUT2D eigenvalue weighted by Crippen LogP contribution is -2.32. The van der Waals surface area contributed by atoms with Gasteiger partial charge >= 0.3 is 0 Å². The third-order valence-electron chi connectivity index (χ3n) is 6.62. The average Bonchev–Trinajstić information content (AvgIpc) is 3.41. The second-order valence-electron chi connectivity index (χ2n) is 8.73. The van der Waals surface area contributed by atoms with Crippen LogP contribution in [0, 0.1) is 0 Å². The van der Waals surface area contributed by atoms with Gasteiger partial charge in [-0.2, -0.15) is 10.1 Å². The highest BCUT2D eigenvalue weighted by Gasteiger charge is 2.41. The zero-order chi connectivity index (χ0) is 25.4. The number of para-hydroxylation sites is 1. The van der Waals surface area contributed by atoms with Crippen LogP contribution in [0.3, 0.4) is 0 Å². The van der Waals surface area contributed by atoms with Crippen LogP contribution in [0.15, 0.2) is 78.6 Å². The van der Waals surface area contributed by atoms with Gasteiger partial charge in [-0.05, 0) is 61.4 Å². The van der Waals surface area contributed by atoms with Crippen molar-refractivity contribution in [2.75, 3.05) is 25.6 Å². The number of aromatic nitrogens is 3. The molecule has 8 nitrogen and oxygen atoms in total. The van der Waals surface area contributed by atoms with Gasteiger partial charge in [-0.15, -0.1) is 0 Å². The van der Waals surface area contributed by atoms with Crippen molar-refractivity contribution in [3.05, 3.63) is 95.3 Å². The van der Waals surface area contributed by atoms with Crippen molar-refractivity contribution in [1.29, 1.82) is 0 Å². The Kier molecular flexibility index (Phi) is 5.92. The highest BCUT2D eigenvalue weighted by molar-refractivity contribution is 5.85. The predicted octanol–water partition coefficient (Wildman–Crippen LogP) is 5.64. The summed E-state index contributed by atoms with van der Waals surface area (Å²) in [5.41, 5.74) is 4.99. The Labute approximate surface area is 215 Å². The molecule has 0 unspecified atom stereocenters. The molecule has 3 aromatic carbocycles. The summed E-state index contributed by atoms with van der Waals surface area (Å²) >= 11 is 0. The van der Waals surface area contributed by atoms with Crippen molar-refractivity contribution < 1.29 is 18.9 Å². The van der Waals surface area contributed by atoms with Gasteiger partial charge in [0.1, 0.15) is 30.0 Å². The summed E-state index contributed by atoms with van der Waals surface area (Å²) in [6.07, 6.45) is 1.20. The smallest absolute Gasteiger partial charge is 0.226 e. The highest BCUT2D eigenvalue weighted by Crippen LogP contribution is 2.51. The molecule has 37 heavy (non-hydrogen) atoms. The number of ether oxygens (including phenoxy) is 4. The average molecular weight is 497 g/mol. The Morgan fingerprint density at radius 3 is 2.49 bits per heavy atom. The second kappa shape index (κ2) is 9.54. The molecule has 4 aromatic rings. The molecule has 2 aliphatic rings. The zero-order valence-electron chi connectivity index (χ0n) is 21.0. The summed E-state index contributed by atoms with van der Waals surface area (Å²) in [5, 5.41) is 8.14. The van der Waals surface area contributed by atoms with Crippen LogP contribution in [0.2, 0.25) is 0 Å². The van der Waals surface area contributed by atoms with Crippen molar-refractivity contribution in [3.63, 3.8) is 0 Å². The van der Waals surface area contributed by atoms with E-state index in [9.17, 15) is 0 Å². The van der Waals surface area contributed by atoms with E-state index in [1.807, 2.05) is 61.0 Å². The molecule has 0 amide bonds. The van der Waals surface area contributed by atoms with Gasteiger partial charge in [0.2, 0.25) is 5.95 Å². The monoisotopic (exact) mass is 496 g/mol. The maximum absolute atomic E-state index is 6.69. The summed E-state index contributed by atoms with van der Waals surface area (Å²) in [5.74, 6) is 3.66. The fraction of sp³-hybridized carbons (Fsp3) is 0.241. The number of anilines is 1. The number of nitrogens with zero attached hydrogens (tertiary/aromatic N) is 3. The Bertz CT molecular complexity index is 1460. The van der Waals surface area contributed by atoms with E-state index in [0.29, 0.717) is 30.7 Å². The number of nitrogens with one attached hydrogen (secondary N) is 1. The predicted molar refractivity (Wildman–Crippen MR) is 140 cm³/mol. The number of fused-ring (bicyclic) bond motifs is 3. The number of methoxy groups -OCH3 is 1. The number of hydrogen-bond donors (Lipinski definition) is 1. The van der Waals surface area contributed by atoms with E-state index in [1.54, 1.807) is 13.4 Å². The normalized spacial score (nSPS) is 17.6. The van der Waals surface area contributed by atoms with Crippen LogP contribution >= 0.6 is 0 Å². The molecule has 0 saturated heterocycles. The Morgan fingerprint density at radius 1 is 0.919 bits per heavy atom. The molecule has 0 fully saturated rings. The van der Waals surface area contributed by atoms with E-state index in [0.717, 1.165) is 39.5 Å². The SMILES string of the molecule is CCOc1ccc([C@H]2Oc3ccccc3C3=C2[C@H](c2ccc(OCC)c(OC)c2)n2ncnc2N3)cc1. The molecule has 8 heteroatoms. The lowest BCUT2D eigenvalue weighted by molar-refractivity contribution is 0.222. The van der Waals surface area contributed by atoms with Gasteiger partial charge in [-0.1, -0.05) is 30.3 Å². The third-order valence-corrected chi connectivity index (χ3v) is 6.62. The van der Waals surface area contributed by atoms with Crippen molar-refractivity contribution in [1.82, 2.24) is 14.8 Å². The Balaban J connectivity index is 1.55. The van der Waals surface area contributed by atoms with E-state index in [2.05, 4.69) is 39.7 Å². The van der Waals surface area contributed by atoms with Gasteiger partial charge < -0.3 is 24.3 Å². The van der Waals surface area contributed by atoms with Crippen LogP contribution in [-0.4, -0.2) is 35.1 Å². The molecule has 3 heterocycles. The van der Waals surface area contributed by atoms with E-state index in [-0.39, 0.29) is 12.1 Å². The molecule has 188 valence electrons. The van der Waals surface area contributed by atoms with Crippen LogP contribution in [0.25, 0.3) is 5.70 Å². The van der Waals surface area contributed by atoms with E-state index >= 15 is 0 Å². The van der Waals surface area contributed by atoms with Gasteiger partial charge in [0.05, 0.1) is 26.0 Å². The first-order chi connectivity index (χ1) is 18.2. The van der Waals surface area contributed by atoms with Crippen molar-refractivity contribution in [2.45, 2.75) is 26.0 Å². The third kappa shape index (κ3) is 3.94. The molecule has 2 atom stereocenters. The summed E-state index contributed by atoms with van der Waals surface area (Å²) < 4.78 is 25.7. The van der Waals surface area contributed by atoms with Crippen LogP contribution in [0.5, 0.6) is 23.0 Å². The maximum atomic E-state index is 6.69. The minimum Gasteiger partial charge on any atom is -0.494 e. The minimum atomic E-state index is -0.368. The van der Waals surface area contributed by atoms with E-state index < -0.39 is 0 Å². The first kappa shape index (κ1) is 23.0. The molecular formula is C29H28N4O4. The van der Waals surface area contributed by atoms with Crippen molar-refractivity contribution >= 4 is 11.6 Å². The van der Waals surface area contributed by atoms with E-state index in [1.165, 1.54) is 0 Å².